The van der Waals surface area contributed by atoms with Gasteiger partial charge in [0.15, 0.2) is 0 Å². The summed E-state index contributed by atoms with van der Waals surface area (Å²) in [5, 5.41) is 19.0. The smallest absolute Gasteiger partial charge is 0.338 e. The van der Waals surface area contributed by atoms with Crippen LogP contribution in [0.3, 0.4) is 0 Å². The molecule has 0 bridgehead atoms. The molecule has 0 aliphatic heterocycles. The molecule has 0 aromatic heterocycles. The predicted octanol–water partition coefficient (Wildman–Crippen LogP) is 4.55. The standard InChI is InChI=1S/C23H39NO4/c1-4-5-6-7-18-28-23(27)21-12-14-22(15-13-21)24(16-8-10-19(2)25)17-9-11-20(3)26/h12-15,19-20,25-26H,4-11,16-18H2,1-3H3. The molecule has 0 radical (unpaired) electrons. The van der Waals surface area contributed by atoms with Crippen LogP contribution in [0.4, 0.5) is 5.69 Å². The van der Waals surface area contributed by atoms with Gasteiger partial charge in [0.25, 0.3) is 0 Å². The molecule has 5 heteroatoms. The van der Waals surface area contributed by atoms with Gasteiger partial charge in [-0.1, -0.05) is 26.2 Å². The van der Waals surface area contributed by atoms with Gasteiger partial charge >= 0.3 is 5.97 Å². The lowest BCUT2D eigenvalue weighted by molar-refractivity contribution is 0.0498. The number of carbonyl (C=O) groups excluding carboxylic acids is 1. The van der Waals surface area contributed by atoms with E-state index in [1.165, 1.54) is 12.8 Å². The number of hydrogen-bond acceptors (Lipinski definition) is 5. The van der Waals surface area contributed by atoms with Crippen molar-refractivity contribution < 1.29 is 19.7 Å². The number of aliphatic hydroxyl groups excluding tert-OH is 2. The molecule has 2 N–H and O–H groups in total. The van der Waals surface area contributed by atoms with E-state index in [2.05, 4.69) is 11.8 Å². The number of hydrogen-bond donors (Lipinski definition) is 2. The first kappa shape index (κ1) is 24.4. The molecule has 2 unspecified atom stereocenters. The van der Waals surface area contributed by atoms with Crippen molar-refractivity contribution in [3.05, 3.63) is 29.8 Å². The molecule has 160 valence electrons. The maximum atomic E-state index is 12.2. The Morgan fingerprint density at radius 1 is 0.929 bits per heavy atom. The Morgan fingerprint density at radius 2 is 1.50 bits per heavy atom. The number of benzene rings is 1. The molecule has 0 aliphatic carbocycles. The van der Waals surface area contributed by atoms with Crippen LogP contribution < -0.4 is 4.90 Å². The van der Waals surface area contributed by atoms with Crippen molar-refractivity contribution in [3.63, 3.8) is 0 Å². The third-order valence-electron chi connectivity index (χ3n) is 4.80. The van der Waals surface area contributed by atoms with Crippen molar-refractivity contribution in [2.24, 2.45) is 0 Å². The summed E-state index contributed by atoms with van der Waals surface area (Å²) in [7, 11) is 0. The summed E-state index contributed by atoms with van der Waals surface area (Å²) in [5.74, 6) is -0.266. The number of anilines is 1. The second-order valence-electron chi connectivity index (χ2n) is 7.71. The van der Waals surface area contributed by atoms with E-state index in [0.717, 1.165) is 57.3 Å². The van der Waals surface area contributed by atoms with Crippen molar-refractivity contribution in [1.29, 1.82) is 0 Å². The molecule has 0 saturated carbocycles. The average molecular weight is 394 g/mol. The van der Waals surface area contributed by atoms with E-state index in [9.17, 15) is 15.0 Å². The third-order valence-corrected chi connectivity index (χ3v) is 4.80. The minimum Gasteiger partial charge on any atom is -0.462 e. The Bertz CT molecular complexity index is 514. The molecule has 0 fully saturated rings. The van der Waals surface area contributed by atoms with Gasteiger partial charge in [-0.2, -0.15) is 0 Å². The molecule has 2 atom stereocenters. The maximum absolute atomic E-state index is 12.2. The number of ether oxygens (including phenoxy) is 1. The van der Waals surface area contributed by atoms with Gasteiger partial charge in [-0.15, -0.1) is 0 Å². The van der Waals surface area contributed by atoms with Gasteiger partial charge in [-0.3, -0.25) is 0 Å². The van der Waals surface area contributed by atoms with Gasteiger partial charge < -0.3 is 19.8 Å². The monoisotopic (exact) mass is 393 g/mol. The van der Waals surface area contributed by atoms with E-state index in [1.54, 1.807) is 13.8 Å². The summed E-state index contributed by atoms with van der Waals surface area (Å²) in [6.45, 7) is 7.93. The van der Waals surface area contributed by atoms with E-state index >= 15 is 0 Å². The summed E-state index contributed by atoms with van der Waals surface area (Å²) in [6, 6.07) is 7.55. The van der Waals surface area contributed by atoms with Crippen LogP contribution in [0.2, 0.25) is 0 Å². The Labute approximate surface area is 170 Å². The zero-order valence-electron chi connectivity index (χ0n) is 17.9. The number of rotatable bonds is 15. The van der Waals surface area contributed by atoms with E-state index in [0.29, 0.717) is 12.2 Å². The van der Waals surface area contributed by atoms with E-state index < -0.39 is 0 Å². The molecule has 0 spiro atoms. The Balaban J connectivity index is 2.59. The second kappa shape index (κ2) is 14.4. The fourth-order valence-corrected chi connectivity index (χ4v) is 3.11. The highest BCUT2D eigenvalue weighted by Gasteiger charge is 2.11. The first-order chi connectivity index (χ1) is 13.4. The average Bonchev–Trinajstić information content (AvgIpc) is 2.66. The minimum atomic E-state index is -0.297. The summed E-state index contributed by atoms with van der Waals surface area (Å²) in [5.41, 5.74) is 1.63. The predicted molar refractivity (Wildman–Crippen MR) is 115 cm³/mol. The zero-order chi connectivity index (χ0) is 20.8. The van der Waals surface area contributed by atoms with Crippen molar-refractivity contribution in [3.8, 4) is 0 Å². The van der Waals surface area contributed by atoms with Gasteiger partial charge in [-0.25, -0.2) is 4.79 Å². The van der Waals surface area contributed by atoms with Gasteiger partial charge in [-0.05, 0) is 70.2 Å². The highest BCUT2D eigenvalue weighted by atomic mass is 16.5. The maximum Gasteiger partial charge on any atom is 0.338 e. The number of nitrogens with zero attached hydrogens (tertiary/aromatic N) is 1. The molecular formula is C23H39NO4. The molecule has 0 aliphatic rings. The quantitative estimate of drug-likeness (QED) is 0.338. The molecule has 1 aromatic carbocycles. The first-order valence-corrected chi connectivity index (χ1v) is 10.8. The fourth-order valence-electron chi connectivity index (χ4n) is 3.11. The summed E-state index contributed by atoms with van der Waals surface area (Å²) in [6.07, 6.45) is 7.07. The van der Waals surface area contributed by atoms with Crippen LogP contribution in [0.25, 0.3) is 0 Å². The molecule has 0 saturated heterocycles. The first-order valence-electron chi connectivity index (χ1n) is 10.8. The van der Waals surface area contributed by atoms with Crippen LogP contribution >= 0.6 is 0 Å². The van der Waals surface area contributed by atoms with E-state index in [4.69, 9.17) is 4.74 Å². The summed E-state index contributed by atoms with van der Waals surface area (Å²) in [4.78, 5) is 14.4. The van der Waals surface area contributed by atoms with Crippen LogP contribution in [0.5, 0.6) is 0 Å². The fraction of sp³-hybridized carbons (Fsp3) is 0.696. The van der Waals surface area contributed by atoms with Gasteiger partial charge in [0.1, 0.15) is 0 Å². The number of carbonyl (C=O) groups is 1. The van der Waals surface area contributed by atoms with Gasteiger partial charge in [0.05, 0.1) is 24.4 Å². The zero-order valence-corrected chi connectivity index (χ0v) is 17.9. The lowest BCUT2D eigenvalue weighted by atomic mass is 10.1. The number of aliphatic hydroxyl groups is 2. The molecule has 0 heterocycles. The lowest BCUT2D eigenvalue weighted by Crippen LogP contribution is -2.27. The Kier molecular flexibility index (Phi) is 12.6. The van der Waals surface area contributed by atoms with Crippen LogP contribution in [-0.4, -0.2) is 48.1 Å². The SMILES string of the molecule is CCCCCCOC(=O)c1ccc(N(CCCC(C)O)CCCC(C)O)cc1. The molecule has 28 heavy (non-hydrogen) atoms. The highest BCUT2D eigenvalue weighted by molar-refractivity contribution is 5.89. The van der Waals surface area contributed by atoms with Crippen molar-refractivity contribution in [2.45, 2.75) is 84.3 Å². The largest absolute Gasteiger partial charge is 0.462 e. The molecule has 1 rings (SSSR count). The van der Waals surface area contributed by atoms with Gasteiger partial charge in [0, 0.05) is 18.8 Å². The van der Waals surface area contributed by atoms with Crippen LogP contribution in [0, 0.1) is 0 Å². The van der Waals surface area contributed by atoms with Crippen molar-refractivity contribution >= 4 is 11.7 Å². The summed E-state index contributed by atoms with van der Waals surface area (Å²) < 4.78 is 5.35. The normalized spacial score (nSPS) is 13.2. The lowest BCUT2D eigenvalue weighted by Gasteiger charge is -2.25. The van der Waals surface area contributed by atoms with E-state index in [1.807, 2.05) is 24.3 Å². The highest BCUT2D eigenvalue weighted by Crippen LogP contribution is 2.18. The molecular weight excluding hydrogens is 354 g/mol. The van der Waals surface area contributed by atoms with Crippen LogP contribution in [0.1, 0.15) is 82.5 Å². The second-order valence-corrected chi connectivity index (χ2v) is 7.71. The molecule has 0 amide bonds. The van der Waals surface area contributed by atoms with Crippen LogP contribution in [-0.2, 0) is 4.74 Å². The molecule has 1 aromatic rings. The topological polar surface area (TPSA) is 70.0 Å². The Morgan fingerprint density at radius 3 is 2.00 bits per heavy atom. The van der Waals surface area contributed by atoms with Gasteiger partial charge in [0.2, 0.25) is 0 Å². The third kappa shape index (κ3) is 10.7. The van der Waals surface area contributed by atoms with Crippen LogP contribution in [0.15, 0.2) is 24.3 Å². The molecule has 5 nitrogen and oxygen atoms in total. The van der Waals surface area contributed by atoms with Crippen molar-refractivity contribution in [2.75, 3.05) is 24.6 Å². The number of unbranched alkanes of at least 4 members (excludes halogenated alkanes) is 3. The van der Waals surface area contributed by atoms with E-state index in [-0.39, 0.29) is 18.2 Å². The summed E-state index contributed by atoms with van der Waals surface area (Å²) >= 11 is 0. The Hall–Kier alpha value is -1.59. The number of esters is 1. The van der Waals surface area contributed by atoms with Crippen molar-refractivity contribution in [1.82, 2.24) is 0 Å². The minimum absolute atomic E-state index is 0.266.